The Kier molecular flexibility index (Phi) is 8.87. The molecule has 0 fully saturated rings. The molecule has 2 aromatic heterocycles. The minimum absolute atomic E-state index is 0.0416. The average molecular weight is 675 g/mol. The number of allylic oxidation sites excluding steroid dienone is 2. The number of halogens is 1. The molecule has 0 unspecified atom stereocenters. The topological polar surface area (TPSA) is 149 Å². The molecule has 0 saturated carbocycles. The van der Waals surface area contributed by atoms with E-state index in [1.54, 1.807) is 13.0 Å². The summed E-state index contributed by atoms with van der Waals surface area (Å²) in [6.07, 6.45) is 1.08. The van der Waals surface area contributed by atoms with Crippen molar-refractivity contribution in [2.45, 2.75) is 13.5 Å². The molecule has 0 aliphatic heterocycles. The van der Waals surface area contributed by atoms with E-state index in [-0.39, 0.29) is 52.1 Å². The largest absolute Gasteiger partial charge is 0.492 e. The van der Waals surface area contributed by atoms with Gasteiger partial charge in [0.2, 0.25) is 17.3 Å². The van der Waals surface area contributed by atoms with E-state index in [0.29, 0.717) is 32.7 Å². The van der Waals surface area contributed by atoms with Crippen molar-refractivity contribution in [2.75, 3.05) is 34.2 Å². The molecule has 0 radical (unpaired) electrons. The minimum Gasteiger partial charge on any atom is -0.492 e. The number of ketones is 2. The van der Waals surface area contributed by atoms with Crippen molar-refractivity contribution in [3.8, 4) is 39.8 Å². The molecule has 5 rings (SSSR count). The van der Waals surface area contributed by atoms with Gasteiger partial charge in [0, 0.05) is 17.2 Å². The molecule has 4 aromatic rings. The Morgan fingerprint density at radius 1 is 0.867 bits per heavy atom. The molecule has 12 heteroatoms. The SMILES string of the molecule is COC(=O)c1nc(-c2ccc3c(n2)C(=O)C=C(OC)C3=O)c(N)c(-c2cc(Br)c(OC)c(OC)c2OCc2ccccc2)c1C. The van der Waals surface area contributed by atoms with Crippen molar-refractivity contribution < 1.29 is 38.1 Å². The summed E-state index contributed by atoms with van der Waals surface area (Å²) >= 11 is 3.56. The van der Waals surface area contributed by atoms with Crippen LogP contribution in [0.15, 0.2) is 64.8 Å². The number of hydrogen-bond acceptors (Lipinski definition) is 11. The van der Waals surface area contributed by atoms with Crippen molar-refractivity contribution in [1.82, 2.24) is 9.97 Å². The lowest BCUT2D eigenvalue weighted by Crippen LogP contribution is -2.20. The number of methoxy groups -OCH3 is 4. The molecule has 230 valence electrons. The maximum Gasteiger partial charge on any atom is 0.356 e. The van der Waals surface area contributed by atoms with Gasteiger partial charge in [0.25, 0.3) is 0 Å². The standard InChI is InChI=1S/C33H28BrN3O8/c1-16-24(19-13-20(34)31(42-3)32(43-4)30(19)45-15-17-9-7-6-8-10-17)25(35)28(37-26(16)33(40)44-5)21-12-11-18-27(36-21)22(38)14-23(41-2)29(18)39/h6-14H,15,35H2,1-5H3. The highest BCUT2D eigenvalue weighted by molar-refractivity contribution is 9.10. The quantitative estimate of drug-likeness (QED) is 0.216. The first kappa shape index (κ1) is 31.2. The van der Waals surface area contributed by atoms with Gasteiger partial charge in [-0.2, -0.15) is 0 Å². The fourth-order valence-corrected chi connectivity index (χ4v) is 5.63. The predicted molar refractivity (Wildman–Crippen MR) is 169 cm³/mol. The maximum absolute atomic E-state index is 13.0. The summed E-state index contributed by atoms with van der Waals surface area (Å²) in [5, 5.41) is 0. The van der Waals surface area contributed by atoms with E-state index >= 15 is 0 Å². The third kappa shape index (κ3) is 5.60. The number of nitrogen functional groups attached to an aromatic ring is 1. The Hall–Kier alpha value is -5.23. The van der Waals surface area contributed by atoms with Crippen molar-refractivity contribution in [2.24, 2.45) is 0 Å². The van der Waals surface area contributed by atoms with Crippen molar-refractivity contribution in [1.29, 1.82) is 0 Å². The van der Waals surface area contributed by atoms with Crippen LogP contribution in [0.25, 0.3) is 22.5 Å². The number of nitrogens with two attached hydrogens (primary N) is 1. The number of aromatic nitrogens is 2. The number of hydrogen-bond donors (Lipinski definition) is 1. The van der Waals surface area contributed by atoms with Crippen LogP contribution < -0.4 is 19.9 Å². The summed E-state index contributed by atoms with van der Waals surface area (Å²) in [6, 6.07) is 14.2. The zero-order chi connectivity index (χ0) is 32.4. The Morgan fingerprint density at radius 3 is 2.22 bits per heavy atom. The Labute approximate surface area is 267 Å². The number of Topliss-reactive ketones (excluding diaryl/α,β-unsaturated/α-hetero) is 1. The summed E-state index contributed by atoms with van der Waals surface area (Å²) in [5.74, 6) is -0.867. The van der Waals surface area contributed by atoms with Crippen LogP contribution in [0.1, 0.15) is 42.5 Å². The molecule has 2 aromatic carbocycles. The lowest BCUT2D eigenvalue weighted by Gasteiger charge is -2.22. The Morgan fingerprint density at radius 2 is 1.58 bits per heavy atom. The second-order valence-corrected chi connectivity index (χ2v) is 10.6. The van der Waals surface area contributed by atoms with Crippen LogP contribution in [0.5, 0.6) is 17.2 Å². The molecule has 2 N–H and O–H groups in total. The number of rotatable bonds is 9. The maximum atomic E-state index is 13.0. The van der Waals surface area contributed by atoms with Gasteiger partial charge < -0.3 is 29.4 Å². The van der Waals surface area contributed by atoms with Crippen LogP contribution in [0.4, 0.5) is 5.69 Å². The average Bonchev–Trinajstić information content (AvgIpc) is 3.05. The number of carbonyl (C=O) groups is 3. The molecule has 0 atom stereocenters. The molecule has 45 heavy (non-hydrogen) atoms. The highest BCUT2D eigenvalue weighted by atomic mass is 79.9. The zero-order valence-electron chi connectivity index (χ0n) is 25.0. The molecule has 11 nitrogen and oxygen atoms in total. The van der Waals surface area contributed by atoms with E-state index in [1.807, 2.05) is 30.3 Å². The summed E-state index contributed by atoms with van der Waals surface area (Å²) in [4.78, 5) is 47.7. The first-order chi connectivity index (χ1) is 21.6. The normalized spacial score (nSPS) is 12.3. The molecule has 1 aliphatic rings. The second kappa shape index (κ2) is 12.8. The summed E-state index contributed by atoms with van der Waals surface area (Å²) in [7, 11) is 5.53. The molecule has 0 saturated heterocycles. The third-order valence-electron chi connectivity index (χ3n) is 7.23. The van der Waals surface area contributed by atoms with Crippen LogP contribution in [0.3, 0.4) is 0 Å². The van der Waals surface area contributed by atoms with Crippen LogP contribution in [-0.4, -0.2) is 55.9 Å². The summed E-state index contributed by atoms with van der Waals surface area (Å²) in [6.45, 7) is 1.86. The van der Waals surface area contributed by atoms with Crippen LogP contribution in [0, 0.1) is 6.92 Å². The van der Waals surface area contributed by atoms with Crippen molar-refractivity contribution in [3.63, 3.8) is 0 Å². The molecule has 2 heterocycles. The zero-order valence-corrected chi connectivity index (χ0v) is 26.6. The molecule has 1 aliphatic carbocycles. The Bertz CT molecular complexity index is 1890. The number of benzene rings is 2. The summed E-state index contributed by atoms with van der Waals surface area (Å²) in [5.41, 5.74) is 9.27. The van der Waals surface area contributed by atoms with Gasteiger partial charge in [-0.3, -0.25) is 9.59 Å². The molecular formula is C33H28BrN3O8. The highest BCUT2D eigenvalue weighted by Gasteiger charge is 2.31. The Balaban J connectivity index is 1.78. The lowest BCUT2D eigenvalue weighted by molar-refractivity contribution is 0.0593. The van der Waals surface area contributed by atoms with Gasteiger partial charge in [-0.1, -0.05) is 30.3 Å². The number of nitrogens with zero attached hydrogens (tertiary/aromatic N) is 2. The van der Waals surface area contributed by atoms with Crippen molar-refractivity contribution in [3.05, 3.63) is 92.9 Å². The van der Waals surface area contributed by atoms with Crippen LogP contribution in [0.2, 0.25) is 0 Å². The van der Waals surface area contributed by atoms with Gasteiger partial charge in [0.15, 0.2) is 23.0 Å². The number of esters is 1. The summed E-state index contributed by atoms with van der Waals surface area (Å²) < 4.78 is 28.4. The van der Waals surface area contributed by atoms with E-state index in [9.17, 15) is 14.4 Å². The number of anilines is 1. The monoisotopic (exact) mass is 673 g/mol. The minimum atomic E-state index is -0.724. The number of carbonyl (C=O) groups excluding carboxylic acids is 3. The predicted octanol–water partition coefficient (Wildman–Crippen LogP) is 5.76. The van der Waals surface area contributed by atoms with Gasteiger partial charge in [-0.25, -0.2) is 14.8 Å². The smallest absolute Gasteiger partial charge is 0.356 e. The highest BCUT2D eigenvalue weighted by Crippen LogP contribution is 2.52. The van der Waals surface area contributed by atoms with Gasteiger partial charge in [-0.05, 0) is 52.2 Å². The molecule has 0 spiro atoms. The second-order valence-electron chi connectivity index (χ2n) is 9.79. The number of ether oxygens (including phenoxy) is 5. The number of fused-ring (bicyclic) bond motifs is 1. The van der Waals surface area contributed by atoms with E-state index in [4.69, 9.17) is 29.4 Å². The van der Waals surface area contributed by atoms with Crippen LogP contribution in [-0.2, 0) is 16.1 Å². The molecule has 0 amide bonds. The first-order valence-corrected chi connectivity index (χ1v) is 14.3. The van der Waals surface area contributed by atoms with E-state index in [2.05, 4.69) is 25.9 Å². The fourth-order valence-electron chi connectivity index (χ4n) is 5.06. The third-order valence-corrected chi connectivity index (χ3v) is 7.82. The van der Waals surface area contributed by atoms with Gasteiger partial charge >= 0.3 is 5.97 Å². The number of pyridine rings is 2. The van der Waals surface area contributed by atoms with E-state index in [0.717, 1.165) is 11.6 Å². The van der Waals surface area contributed by atoms with Crippen LogP contribution >= 0.6 is 15.9 Å². The van der Waals surface area contributed by atoms with Gasteiger partial charge in [-0.15, -0.1) is 0 Å². The fraction of sp³-hybridized carbons (Fsp3) is 0.182. The van der Waals surface area contributed by atoms with E-state index in [1.165, 1.54) is 40.6 Å². The van der Waals surface area contributed by atoms with E-state index < -0.39 is 17.5 Å². The van der Waals surface area contributed by atoms with Gasteiger partial charge in [0.05, 0.1) is 49.9 Å². The van der Waals surface area contributed by atoms with Gasteiger partial charge in [0.1, 0.15) is 18.0 Å². The van der Waals surface area contributed by atoms with Crippen molar-refractivity contribution >= 4 is 39.2 Å². The molecule has 0 bridgehead atoms. The lowest BCUT2D eigenvalue weighted by atomic mass is 9.93. The molecular weight excluding hydrogens is 646 g/mol. The first-order valence-electron chi connectivity index (χ1n) is 13.5.